The molecule has 3 heteroatoms. The lowest BCUT2D eigenvalue weighted by Crippen LogP contribution is -2.04. The van der Waals surface area contributed by atoms with Crippen LogP contribution >= 0.6 is 0 Å². The van der Waals surface area contributed by atoms with Gasteiger partial charge in [-0.3, -0.25) is 4.79 Å². The quantitative estimate of drug-likeness (QED) is 0.469. The number of hydrogen-bond donors (Lipinski definition) is 0. The van der Waals surface area contributed by atoms with Crippen molar-refractivity contribution in [2.45, 2.75) is 26.7 Å². The van der Waals surface area contributed by atoms with E-state index in [2.05, 4.69) is 6.92 Å². The number of carbonyl (C=O) groups excluding carboxylic acids is 1. The summed E-state index contributed by atoms with van der Waals surface area (Å²) >= 11 is 0. The zero-order valence-electron chi connectivity index (χ0n) is 7.92. The second-order valence-corrected chi connectivity index (χ2v) is 2.44. The summed E-state index contributed by atoms with van der Waals surface area (Å²) in [4.78, 5) is 10.4. The third-order valence-corrected chi connectivity index (χ3v) is 1.34. The van der Waals surface area contributed by atoms with Crippen molar-refractivity contribution in [2.75, 3.05) is 13.7 Å². The Morgan fingerprint density at radius 3 is 2.58 bits per heavy atom. The van der Waals surface area contributed by atoms with Gasteiger partial charge in [-0.25, -0.2) is 0 Å². The van der Waals surface area contributed by atoms with Crippen molar-refractivity contribution in [2.24, 2.45) is 0 Å². The third kappa shape index (κ3) is 5.77. The molecular formula is C9H16O3. The summed E-state index contributed by atoms with van der Waals surface area (Å²) in [7, 11) is 1.57. The first kappa shape index (κ1) is 11.0. The van der Waals surface area contributed by atoms with Gasteiger partial charge >= 0.3 is 5.97 Å². The fourth-order valence-corrected chi connectivity index (χ4v) is 0.679. The van der Waals surface area contributed by atoms with Crippen molar-refractivity contribution < 1.29 is 14.3 Å². The molecule has 0 radical (unpaired) electrons. The molecule has 0 aromatic carbocycles. The van der Waals surface area contributed by atoms with E-state index < -0.39 is 0 Å². The smallest absolute Gasteiger partial charge is 0.303 e. The van der Waals surface area contributed by atoms with Crippen molar-refractivity contribution in [3.63, 3.8) is 0 Å². The monoisotopic (exact) mass is 172 g/mol. The molecule has 0 rings (SSSR count). The highest BCUT2D eigenvalue weighted by molar-refractivity contribution is 5.66. The van der Waals surface area contributed by atoms with Crippen LogP contribution in [0.4, 0.5) is 0 Å². The number of methoxy groups -OCH3 is 1. The van der Waals surface area contributed by atoms with Gasteiger partial charge in [0.2, 0.25) is 0 Å². The van der Waals surface area contributed by atoms with E-state index in [0.717, 1.165) is 12.8 Å². The Morgan fingerprint density at radius 1 is 1.50 bits per heavy atom. The van der Waals surface area contributed by atoms with Crippen LogP contribution in [-0.2, 0) is 14.3 Å². The van der Waals surface area contributed by atoms with Crippen LogP contribution in [0.2, 0.25) is 0 Å². The molecule has 0 aliphatic heterocycles. The van der Waals surface area contributed by atoms with Crippen LogP contribution in [0.1, 0.15) is 26.7 Å². The molecule has 0 atom stereocenters. The highest BCUT2D eigenvalue weighted by Crippen LogP contribution is 2.00. The highest BCUT2D eigenvalue weighted by atomic mass is 16.6. The van der Waals surface area contributed by atoms with Crippen LogP contribution < -0.4 is 0 Å². The molecule has 0 unspecified atom stereocenters. The lowest BCUT2D eigenvalue weighted by Gasteiger charge is -2.05. The topological polar surface area (TPSA) is 35.5 Å². The summed E-state index contributed by atoms with van der Waals surface area (Å²) in [6.45, 7) is 3.70. The first-order valence-corrected chi connectivity index (χ1v) is 4.07. The van der Waals surface area contributed by atoms with Crippen molar-refractivity contribution in [3.8, 4) is 0 Å². The van der Waals surface area contributed by atoms with Gasteiger partial charge in [0.25, 0.3) is 0 Å². The predicted octanol–water partition coefficient (Wildman–Crippen LogP) is 1.88. The van der Waals surface area contributed by atoms with Gasteiger partial charge in [0.15, 0.2) is 0 Å². The van der Waals surface area contributed by atoms with E-state index in [1.165, 1.54) is 6.92 Å². The van der Waals surface area contributed by atoms with Crippen LogP contribution in [0.3, 0.4) is 0 Å². The van der Waals surface area contributed by atoms with E-state index in [-0.39, 0.29) is 12.6 Å². The molecular weight excluding hydrogens is 156 g/mol. The minimum atomic E-state index is -0.283. The van der Waals surface area contributed by atoms with E-state index in [1.54, 1.807) is 7.11 Å². The average Bonchev–Trinajstić information content (AvgIpc) is 2.05. The van der Waals surface area contributed by atoms with Gasteiger partial charge in [-0.05, 0) is 12.5 Å². The first-order valence-electron chi connectivity index (χ1n) is 4.07. The first-order chi connectivity index (χ1) is 5.70. The minimum absolute atomic E-state index is 0.242. The van der Waals surface area contributed by atoms with E-state index >= 15 is 0 Å². The molecule has 0 saturated carbocycles. The fraction of sp³-hybridized carbons (Fsp3) is 0.667. The molecule has 0 aliphatic carbocycles. The summed E-state index contributed by atoms with van der Waals surface area (Å²) in [5.74, 6) is 0.432. The molecule has 0 fully saturated rings. The standard InChI is InChI=1S/C9H16O3/c1-4-5-6-9(11-3)7-12-8(2)10/h6H,4-5,7H2,1-3H3. The molecule has 0 aliphatic rings. The van der Waals surface area contributed by atoms with Gasteiger partial charge in [-0.1, -0.05) is 13.3 Å². The van der Waals surface area contributed by atoms with Gasteiger partial charge in [0.1, 0.15) is 12.4 Å². The van der Waals surface area contributed by atoms with Gasteiger partial charge in [0.05, 0.1) is 7.11 Å². The van der Waals surface area contributed by atoms with Crippen LogP contribution in [0, 0.1) is 0 Å². The maximum Gasteiger partial charge on any atom is 0.303 e. The van der Waals surface area contributed by atoms with Crippen molar-refractivity contribution >= 4 is 5.97 Å². The number of ether oxygens (including phenoxy) is 2. The molecule has 0 aromatic heterocycles. The second kappa shape index (κ2) is 6.70. The number of esters is 1. The number of allylic oxidation sites excluding steroid dienone is 1. The Balaban J connectivity index is 3.74. The lowest BCUT2D eigenvalue weighted by molar-refractivity contribution is -0.140. The predicted molar refractivity (Wildman–Crippen MR) is 46.6 cm³/mol. The number of rotatable bonds is 5. The maximum atomic E-state index is 10.4. The molecule has 0 spiro atoms. The zero-order valence-corrected chi connectivity index (χ0v) is 7.92. The van der Waals surface area contributed by atoms with Crippen molar-refractivity contribution in [1.82, 2.24) is 0 Å². The Bertz CT molecular complexity index is 161. The SMILES string of the molecule is CCCC=C(COC(C)=O)OC. The summed E-state index contributed by atoms with van der Waals surface area (Å²) in [6.07, 6.45) is 3.94. The summed E-state index contributed by atoms with van der Waals surface area (Å²) < 4.78 is 9.75. The van der Waals surface area contributed by atoms with Crippen molar-refractivity contribution in [3.05, 3.63) is 11.8 Å². The second-order valence-electron chi connectivity index (χ2n) is 2.44. The average molecular weight is 172 g/mol. The van der Waals surface area contributed by atoms with Gasteiger partial charge in [-0.15, -0.1) is 0 Å². The van der Waals surface area contributed by atoms with Crippen LogP contribution in [0.25, 0.3) is 0 Å². The number of unbranched alkanes of at least 4 members (excludes halogenated alkanes) is 1. The Morgan fingerprint density at radius 2 is 2.17 bits per heavy atom. The molecule has 3 nitrogen and oxygen atoms in total. The third-order valence-electron chi connectivity index (χ3n) is 1.34. The molecule has 0 N–H and O–H groups in total. The molecule has 0 bridgehead atoms. The largest absolute Gasteiger partial charge is 0.498 e. The zero-order chi connectivity index (χ0) is 9.40. The van der Waals surface area contributed by atoms with Crippen LogP contribution in [0.15, 0.2) is 11.8 Å². The normalized spacial score (nSPS) is 11.1. The van der Waals surface area contributed by atoms with Crippen molar-refractivity contribution in [1.29, 1.82) is 0 Å². The summed E-state index contributed by atoms with van der Waals surface area (Å²) in [6, 6.07) is 0. The molecule has 12 heavy (non-hydrogen) atoms. The van der Waals surface area contributed by atoms with E-state index in [1.807, 2.05) is 6.08 Å². The lowest BCUT2D eigenvalue weighted by atomic mass is 10.3. The highest BCUT2D eigenvalue weighted by Gasteiger charge is 1.97. The Labute approximate surface area is 73.4 Å². The number of hydrogen-bond acceptors (Lipinski definition) is 3. The summed E-state index contributed by atoms with van der Waals surface area (Å²) in [5.41, 5.74) is 0. The Kier molecular flexibility index (Phi) is 6.15. The molecule has 0 heterocycles. The van der Waals surface area contributed by atoms with Gasteiger partial charge < -0.3 is 9.47 Å². The van der Waals surface area contributed by atoms with Crippen LogP contribution in [0.5, 0.6) is 0 Å². The van der Waals surface area contributed by atoms with Gasteiger partial charge in [-0.2, -0.15) is 0 Å². The molecule has 70 valence electrons. The van der Waals surface area contributed by atoms with E-state index in [4.69, 9.17) is 9.47 Å². The summed E-state index contributed by atoms with van der Waals surface area (Å²) in [5, 5.41) is 0. The molecule has 0 amide bonds. The maximum absolute atomic E-state index is 10.4. The van der Waals surface area contributed by atoms with E-state index in [9.17, 15) is 4.79 Å². The fourth-order valence-electron chi connectivity index (χ4n) is 0.679. The van der Waals surface area contributed by atoms with Gasteiger partial charge in [0, 0.05) is 6.92 Å². The molecule has 0 aromatic rings. The molecule has 0 saturated heterocycles. The minimum Gasteiger partial charge on any atom is -0.498 e. The number of carbonyl (C=O) groups is 1. The van der Waals surface area contributed by atoms with E-state index in [0.29, 0.717) is 5.76 Å². The van der Waals surface area contributed by atoms with Crippen LogP contribution in [-0.4, -0.2) is 19.7 Å². The Hall–Kier alpha value is -0.990.